The molecule has 0 aliphatic heterocycles. The van der Waals surface area contributed by atoms with Crippen LogP contribution in [0.15, 0.2) is 59.1 Å². The van der Waals surface area contributed by atoms with Crippen LogP contribution >= 0.6 is 15.9 Å². The molecule has 0 spiro atoms. The highest BCUT2D eigenvalue weighted by Crippen LogP contribution is 2.41. The fourth-order valence-corrected chi connectivity index (χ4v) is 5.32. The molecule has 3 aromatic carbocycles. The van der Waals surface area contributed by atoms with Gasteiger partial charge in [0.05, 0.1) is 22.5 Å². The van der Waals surface area contributed by atoms with Crippen molar-refractivity contribution in [1.29, 1.82) is 0 Å². The Bertz CT molecular complexity index is 1480. The largest absolute Gasteiger partial charge is 0.416 e. The lowest BCUT2D eigenvalue weighted by molar-refractivity contribution is -0.138. The first-order chi connectivity index (χ1) is 17.2. The van der Waals surface area contributed by atoms with Crippen LogP contribution in [0.25, 0.3) is 10.8 Å². The van der Waals surface area contributed by atoms with Gasteiger partial charge >= 0.3 is 12.4 Å². The first-order valence-corrected chi connectivity index (χ1v) is 12.3. The molecule has 4 aromatic rings. The van der Waals surface area contributed by atoms with Gasteiger partial charge in [-0.3, -0.25) is 0 Å². The number of hydrogen-bond donors (Lipinski definition) is 0. The van der Waals surface area contributed by atoms with Crippen molar-refractivity contribution in [2.45, 2.75) is 51.9 Å². The highest BCUT2D eigenvalue weighted by Gasteiger charge is 2.35. The smallest absolute Gasteiger partial charge is 0.166 e. The molecule has 2 nitrogen and oxygen atoms in total. The van der Waals surface area contributed by atoms with Crippen molar-refractivity contribution in [3.8, 4) is 0 Å². The van der Waals surface area contributed by atoms with Crippen LogP contribution in [0.3, 0.4) is 0 Å². The minimum absolute atomic E-state index is 0.115. The monoisotopic (exact) mass is 580 g/mol. The van der Waals surface area contributed by atoms with Crippen molar-refractivity contribution in [3.63, 3.8) is 0 Å². The van der Waals surface area contributed by atoms with E-state index in [0.29, 0.717) is 33.3 Å². The molecule has 1 aromatic heterocycles. The standard InChI is InChI=1S/C28H23BrF6N2/c1-14-19(7-5-9-23(14)27(30,31)32)16(3)25-21-12-11-18(29)13-22(21)26(37-36-25)17(4)20-8-6-10-24(15(20)2)28(33,34)35/h5-13,16-17H,1-4H3. The Morgan fingerprint density at radius 1 is 0.649 bits per heavy atom. The van der Waals surface area contributed by atoms with E-state index < -0.39 is 35.3 Å². The Morgan fingerprint density at radius 3 is 1.51 bits per heavy atom. The second-order valence-corrected chi connectivity index (χ2v) is 10.1. The lowest BCUT2D eigenvalue weighted by atomic mass is 9.86. The van der Waals surface area contributed by atoms with E-state index in [0.717, 1.165) is 16.6 Å². The van der Waals surface area contributed by atoms with Crippen LogP contribution in [-0.2, 0) is 12.4 Å². The number of aromatic nitrogens is 2. The quantitative estimate of drug-likeness (QED) is 0.225. The number of benzene rings is 3. The summed E-state index contributed by atoms with van der Waals surface area (Å²) in [5.41, 5.74) is 0.735. The molecule has 2 atom stereocenters. The highest BCUT2D eigenvalue weighted by molar-refractivity contribution is 9.10. The van der Waals surface area contributed by atoms with Crippen LogP contribution in [0.5, 0.6) is 0 Å². The fraction of sp³-hybridized carbons (Fsp3) is 0.286. The summed E-state index contributed by atoms with van der Waals surface area (Å²) in [7, 11) is 0. The average molecular weight is 581 g/mol. The number of fused-ring (bicyclic) bond motifs is 1. The molecule has 0 fully saturated rings. The zero-order chi connectivity index (χ0) is 27.3. The van der Waals surface area contributed by atoms with Gasteiger partial charge < -0.3 is 0 Å². The van der Waals surface area contributed by atoms with Gasteiger partial charge in [-0.15, -0.1) is 0 Å². The minimum atomic E-state index is -4.49. The Labute approximate surface area is 218 Å². The van der Waals surface area contributed by atoms with Crippen LogP contribution in [-0.4, -0.2) is 10.2 Å². The molecule has 0 N–H and O–H groups in total. The zero-order valence-corrected chi connectivity index (χ0v) is 22.0. The number of nitrogens with zero attached hydrogens (tertiary/aromatic N) is 2. The Kier molecular flexibility index (Phi) is 7.14. The molecule has 0 aliphatic carbocycles. The number of hydrogen-bond acceptors (Lipinski definition) is 2. The van der Waals surface area contributed by atoms with E-state index in [1.54, 1.807) is 38.1 Å². The average Bonchev–Trinajstić information content (AvgIpc) is 2.81. The van der Waals surface area contributed by atoms with E-state index >= 15 is 0 Å². The predicted octanol–water partition coefficient (Wildman–Crippen LogP) is 9.35. The summed E-state index contributed by atoms with van der Waals surface area (Å²) in [6.45, 7) is 6.42. The molecule has 0 saturated heterocycles. The Balaban J connectivity index is 1.88. The summed E-state index contributed by atoms with van der Waals surface area (Å²) in [6, 6.07) is 13.5. The molecule has 194 valence electrons. The van der Waals surface area contributed by atoms with Crippen molar-refractivity contribution in [3.05, 3.63) is 104 Å². The van der Waals surface area contributed by atoms with Crippen molar-refractivity contribution >= 4 is 26.7 Å². The van der Waals surface area contributed by atoms with Gasteiger partial charge in [0.25, 0.3) is 0 Å². The van der Waals surface area contributed by atoms with E-state index in [-0.39, 0.29) is 11.1 Å². The summed E-state index contributed by atoms with van der Waals surface area (Å²) >= 11 is 3.45. The van der Waals surface area contributed by atoms with Crippen LogP contribution in [0.2, 0.25) is 0 Å². The summed E-state index contributed by atoms with van der Waals surface area (Å²) in [4.78, 5) is 0. The first-order valence-electron chi connectivity index (χ1n) is 11.5. The molecule has 0 saturated carbocycles. The van der Waals surface area contributed by atoms with Gasteiger partial charge in [0.2, 0.25) is 0 Å². The summed E-state index contributed by atoms with van der Waals surface area (Å²) in [6.07, 6.45) is -8.97. The minimum Gasteiger partial charge on any atom is -0.166 e. The summed E-state index contributed by atoms with van der Waals surface area (Å²) in [5, 5.41) is 10.2. The second-order valence-electron chi connectivity index (χ2n) is 9.14. The van der Waals surface area contributed by atoms with Crippen LogP contribution < -0.4 is 0 Å². The number of alkyl halides is 6. The molecule has 2 unspecified atom stereocenters. The Hall–Kier alpha value is -2.94. The SMILES string of the molecule is Cc1c(C(C)c2nnc(C(C)c3cccc(C(F)(F)F)c3C)c3cc(Br)ccc23)cccc1C(F)(F)F. The Morgan fingerprint density at radius 2 is 1.08 bits per heavy atom. The molecule has 0 bridgehead atoms. The van der Waals surface area contributed by atoms with Gasteiger partial charge in [-0.05, 0) is 60.4 Å². The topological polar surface area (TPSA) is 25.8 Å². The van der Waals surface area contributed by atoms with Crippen molar-refractivity contribution in [2.24, 2.45) is 0 Å². The van der Waals surface area contributed by atoms with Crippen LogP contribution in [0.4, 0.5) is 26.3 Å². The second kappa shape index (κ2) is 9.74. The molecule has 9 heteroatoms. The molecule has 0 amide bonds. The molecular weight excluding hydrogens is 558 g/mol. The first kappa shape index (κ1) is 27.1. The third-order valence-corrected chi connectivity index (χ3v) is 7.41. The van der Waals surface area contributed by atoms with E-state index in [9.17, 15) is 26.3 Å². The number of halogens is 7. The maximum Gasteiger partial charge on any atom is 0.416 e. The molecule has 4 rings (SSSR count). The third-order valence-electron chi connectivity index (χ3n) is 6.91. The maximum absolute atomic E-state index is 13.5. The lowest BCUT2D eigenvalue weighted by Crippen LogP contribution is -2.13. The van der Waals surface area contributed by atoms with Crippen LogP contribution in [0, 0.1) is 13.8 Å². The predicted molar refractivity (Wildman–Crippen MR) is 135 cm³/mol. The van der Waals surface area contributed by atoms with Gasteiger partial charge in [0.1, 0.15) is 0 Å². The highest BCUT2D eigenvalue weighted by atomic mass is 79.9. The number of rotatable bonds is 4. The van der Waals surface area contributed by atoms with Gasteiger partial charge in [0, 0.05) is 27.1 Å². The summed E-state index contributed by atoms with van der Waals surface area (Å²) < 4.78 is 81.9. The van der Waals surface area contributed by atoms with Crippen molar-refractivity contribution in [1.82, 2.24) is 10.2 Å². The van der Waals surface area contributed by atoms with Gasteiger partial charge in [0.15, 0.2) is 0 Å². The van der Waals surface area contributed by atoms with Gasteiger partial charge in [-0.25, -0.2) is 0 Å². The summed E-state index contributed by atoms with van der Waals surface area (Å²) in [5.74, 6) is -1.04. The maximum atomic E-state index is 13.5. The molecule has 1 heterocycles. The van der Waals surface area contributed by atoms with E-state index in [4.69, 9.17) is 0 Å². The normalized spacial score (nSPS) is 14.1. The van der Waals surface area contributed by atoms with E-state index in [2.05, 4.69) is 26.1 Å². The van der Waals surface area contributed by atoms with Crippen molar-refractivity contribution in [2.75, 3.05) is 0 Å². The molecule has 0 radical (unpaired) electrons. The molecule has 0 aliphatic rings. The molecule has 37 heavy (non-hydrogen) atoms. The van der Waals surface area contributed by atoms with Crippen LogP contribution in [0.1, 0.15) is 70.5 Å². The molecular formula is C28H23BrF6N2. The zero-order valence-electron chi connectivity index (χ0n) is 20.4. The lowest BCUT2D eigenvalue weighted by Gasteiger charge is -2.22. The third kappa shape index (κ3) is 5.10. The fourth-order valence-electron chi connectivity index (χ4n) is 4.96. The van der Waals surface area contributed by atoms with E-state index in [1.807, 2.05) is 6.07 Å². The van der Waals surface area contributed by atoms with Crippen molar-refractivity contribution < 1.29 is 26.3 Å². The van der Waals surface area contributed by atoms with Gasteiger partial charge in [-0.1, -0.05) is 60.1 Å². The van der Waals surface area contributed by atoms with E-state index in [1.165, 1.54) is 26.0 Å². The van der Waals surface area contributed by atoms with Gasteiger partial charge in [-0.2, -0.15) is 36.5 Å².